The molecule has 34 heavy (non-hydrogen) atoms. The summed E-state index contributed by atoms with van der Waals surface area (Å²) < 4.78 is 33.1. The molecular formula is C24H29N3O6S. The number of rotatable bonds is 6. The van der Waals surface area contributed by atoms with Crippen LogP contribution in [0.5, 0.6) is 0 Å². The first-order valence-electron chi connectivity index (χ1n) is 11.3. The van der Waals surface area contributed by atoms with E-state index in [4.69, 9.17) is 9.84 Å². The lowest BCUT2D eigenvalue weighted by molar-refractivity contribution is -0.158. The highest BCUT2D eigenvalue weighted by atomic mass is 32.2. The fraction of sp³-hybridized carbons (Fsp3) is 0.458. The van der Waals surface area contributed by atoms with Crippen LogP contribution in [0, 0.1) is 11.3 Å². The lowest BCUT2D eigenvalue weighted by atomic mass is 9.99. The second-order valence-electron chi connectivity index (χ2n) is 8.72. The normalized spacial score (nSPS) is 26.4. The molecule has 2 aromatic rings. The van der Waals surface area contributed by atoms with Crippen LogP contribution >= 0.6 is 0 Å². The number of hydrogen-bond donors (Lipinski definition) is 4. The topological polar surface area (TPSA) is 143 Å². The van der Waals surface area contributed by atoms with Gasteiger partial charge in [0.25, 0.3) is 10.0 Å². The Morgan fingerprint density at radius 3 is 2.53 bits per heavy atom. The van der Waals surface area contributed by atoms with E-state index in [1.807, 2.05) is 18.2 Å². The van der Waals surface area contributed by atoms with Crippen molar-refractivity contribution in [2.45, 2.75) is 43.6 Å². The van der Waals surface area contributed by atoms with Crippen LogP contribution in [0.15, 0.2) is 41.3 Å². The van der Waals surface area contributed by atoms with Crippen LogP contribution in [0.3, 0.4) is 0 Å². The zero-order valence-corrected chi connectivity index (χ0v) is 19.5. The number of nitrogens with zero attached hydrogens (tertiary/aromatic N) is 2. The first kappa shape index (κ1) is 24.6. The third-order valence-electron chi connectivity index (χ3n) is 6.39. The van der Waals surface area contributed by atoms with E-state index in [2.05, 4.69) is 21.8 Å². The van der Waals surface area contributed by atoms with Crippen molar-refractivity contribution < 1.29 is 28.5 Å². The Balaban J connectivity index is 1.53. The number of allylic oxidation sites excluding steroid dienone is 1. The van der Waals surface area contributed by atoms with Crippen LogP contribution in [0.1, 0.15) is 24.8 Å². The monoisotopic (exact) mass is 487 g/mol. The van der Waals surface area contributed by atoms with Gasteiger partial charge in [0, 0.05) is 18.8 Å². The van der Waals surface area contributed by atoms with Crippen LogP contribution < -0.4 is 9.62 Å². The van der Waals surface area contributed by atoms with E-state index in [9.17, 15) is 23.9 Å². The van der Waals surface area contributed by atoms with E-state index in [0.29, 0.717) is 5.56 Å². The van der Waals surface area contributed by atoms with Crippen LogP contribution in [0.25, 0.3) is 16.8 Å². The molecule has 0 unspecified atom stereocenters. The Hall–Kier alpha value is -2.52. The van der Waals surface area contributed by atoms with Crippen molar-refractivity contribution in [2.24, 2.45) is 0 Å². The molecule has 2 heterocycles. The van der Waals surface area contributed by atoms with Gasteiger partial charge in [0.1, 0.15) is 24.4 Å². The van der Waals surface area contributed by atoms with Gasteiger partial charge in [-0.05, 0) is 59.9 Å². The van der Waals surface area contributed by atoms with E-state index in [0.717, 1.165) is 23.9 Å². The number of piperidine rings is 1. The third-order valence-corrected chi connectivity index (χ3v) is 7.79. The van der Waals surface area contributed by atoms with Gasteiger partial charge < -0.3 is 25.0 Å². The number of sulfonamides is 1. The van der Waals surface area contributed by atoms with E-state index in [-0.39, 0.29) is 6.61 Å². The fourth-order valence-corrected chi connectivity index (χ4v) is 5.57. The summed E-state index contributed by atoms with van der Waals surface area (Å²) >= 11 is 0. The Labute approximate surface area is 198 Å². The first-order chi connectivity index (χ1) is 16.3. The van der Waals surface area contributed by atoms with Gasteiger partial charge in [-0.25, -0.2) is 13.1 Å². The summed E-state index contributed by atoms with van der Waals surface area (Å²) in [5, 5.41) is 40.8. The summed E-state index contributed by atoms with van der Waals surface area (Å²) in [4.78, 5) is 1.84. The second kappa shape index (κ2) is 10.4. The van der Waals surface area contributed by atoms with Gasteiger partial charge in [-0.2, -0.15) is 5.26 Å². The Kier molecular flexibility index (Phi) is 7.52. The summed E-state index contributed by atoms with van der Waals surface area (Å²) in [5.41, 5.74) is 1.71. The average molecular weight is 488 g/mol. The maximum absolute atomic E-state index is 12.8. The highest BCUT2D eigenvalue weighted by Crippen LogP contribution is 2.26. The van der Waals surface area contributed by atoms with Gasteiger partial charge in [-0.15, -0.1) is 0 Å². The third kappa shape index (κ3) is 5.25. The molecule has 0 bridgehead atoms. The van der Waals surface area contributed by atoms with Gasteiger partial charge in [-0.1, -0.05) is 18.2 Å². The number of benzene rings is 2. The molecule has 182 valence electrons. The minimum atomic E-state index is -4.30. The second-order valence-corrected chi connectivity index (χ2v) is 10.4. The molecule has 4 N–H and O–H groups in total. The molecule has 9 nitrogen and oxygen atoms in total. The molecule has 0 saturated carbocycles. The van der Waals surface area contributed by atoms with Crippen molar-refractivity contribution in [2.75, 3.05) is 31.2 Å². The fourth-order valence-electron chi connectivity index (χ4n) is 4.42. The van der Waals surface area contributed by atoms with Crippen LogP contribution in [-0.4, -0.2) is 74.4 Å². The van der Waals surface area contributed by atoms with Crippen molar-refractivity contribution in [1.29, 1.82) is 5.26 Å². The quantitative estimate of drug-likeness (QED) is 0.444. The molecule has 2 aromatic carbocycles. The molecule has 4 rings (SSSR count). The predicted molar refractivity (Wildman–Crippen MR) is 128 cm³/mol. The molecule has 10 heteroatoms. The number of hydrogen-bond acceptors (Lipinski definition) is 8. The Bertz CT molecular complexity index is 1200. The van der Waals surface area contributed by atoms with Gasteiger partial charge in [0.15, 0.2) is 4.91 Å². The maximum atomic E-state index is 12.8. The van der Waals surface area contributed by atoms with Gasteiger partial charge >= 0.3 is 0 Å². The molecular weight excluding hydrogens is 458 g/mol. The minimum absolute atomic E-state index is 0.253. The summed E-state index contributed by atoms with van der Waals surface area (Å²) in [6, 6.07) is 12.2. The maximum Gasteiger partial charge on any atom is 0.251 e. The number of aliphatic hydroxyl groups excluding tert-OH is 3. The number of aliphatic hydroxyl groups is 3. The Morgan fingerprint density at radius 1 is 1.12 bits per heavy atom. The number of nitriles is 1. The van der Waals surface area contributed by atoms with Crippen molar-refractivity contribution >= 4 is 32.6 Å². The molecule has 4 atom stereocenters. The SMILES string of the molecule is N#C/C(=C\c1ccc2cc(N3CCCCC3)ccc2c1)S(=O)(=O)N[C@H]1CO[C@H](CO)[C@@H](O)[C@@H]1O. The zero-order chi connectivity index (χ0) is 24.3. The summed E-state index contributed by atoms with van der Waals surface area (Å²) in [6.45, 7) is 1.32. The largest absolute Gasteiger partial charge is 0.394 e. The van der Waals surface area contributed by atoms with Crippen molar-refractivity contribution in [1.82, 2.24) is 4.72 Å². The number of ether oxygens (including phenoxy) is 1. The van der Waals surface area contributed by atoms with Crippen molar-refractivity contribution in [3.8, 4) is 6.07 Å². The van der Waals surface area contributed by atoms with E-state index in [1.54, 1.807) is 12.1 Å². The molecule has 0 amide bonds. The first-order valence-corrected chi connectivity index (χ1v) is 12.8. The van der Waals surface area contributed by atoms with Crippen molar-refractivity contribution in [3.63, 3.8) is 0 Å². The van der Waals surface area contributed by atoms with Gasteiger partial charge in [0.2, 0.25) is 0 Å². The Morgan fingerprint density at radius 2 is 1.82 bits per heavy atom. The molecule has 2 saturated heterocycles. The van der Waals surface area contributed by atoms with E-state index < -0.39 is 45.9 Å². The summed E-state index contributed by atoms with van der Waals surface area (Å²) in [6.07, 6.45) is 0.943. The minimum Gasteiger partial charge on any atom is -0.394 e. The molecule has 0 spiro atoms. The highest BCUT2D eigenvalue weighted by molar-refractivity contribution is 7.93. The smallest absolute Gasteiger partial charge is 0.251 e. The number of anilines is 1. The van der Waals surface area contributed by atoms with Crippen LogP contribution in [0.2, 0.25) is 0 Å². The number of fused-ring (bicyclic) bond motifs is 1. The summed E-state index contributed by atoms with van der Waals surface area (Å²) in [5.74, 6) is 0. The molecule has 2 aliphatic rings. The predicted octanol–water partition coefficient (Wildman–Crippen LogP) is 1.10. The molecule has 0 radical (unpaired) electrons. The van der Waals surface area contributed by atoms with E-state index in [1.165, 1.54) is 31.0 Å². The standard InChI is InChI=1S/C24H29N3O6S/c25-13-20(34(31,32)26-21-15-33-22(14-28)24(30)23(21)29)11-16-4-5-18-12-19(7-6-17(18)10-16)27-8-2-1-3-9-27/h4-7,10-12,21-24,26,28-30H,1-3,8-9,14-15H2/b20-11+/t21-,22+,23+,24+/m0/s1. The number of nitrogens with one attached hydrogen (secondary N) is 1. The summed E-state index contributed by atoms with van der Waals surface area (Å²) in [7, 11) is -4.30. The highest BCUT2D eigenvalue weighted by Gasteiger charge is 2.40. The lowest BCUT2D eigenvalue weighted by Gasteiger charge is -2.36. The van der Waals surface area contributed by atoms with E-state index >= 15 is 0 Å². The molecule has 0 aromatic heterocycles. The van der Waals surface area contributed by atoms with Gasteiger partial charge in [-0.3, -0.25) is 0 Å². The van der Waals surface area contributed by atoms with Crippen LogP contribution in [-0.2, 0) is 14.8 Å². The zero-order valence-electron chi connectivity index (χ0n) is 18.7. The lowest BCUT2D eigenvalue weighted by Crippen LogP contribution is -2.59. The van der Waals surface area contributed by atoms with Gasteiger partial charge in [0.05, 0.1) is 19.3 Å². The molecule has 2 aliphatic heterocycles. The molecule has 0 aliphatic carbocycles. The molecule has 2 fully saturated rings. The van der Waals surface area contributed by atoms with Crippen LogP contribution in [0.4, 0.5) is 5.69 Å². The van der Waals surface area contributed by atoms with Crippen molar-refractivity contribution in [3.05, 3.63) is 46.9 Å². The average Bonchev–Trinajstić information content (AvgIpc) is 2.85.